The first-order valence-electron chi connectivity index (χ1n) is 5.22. The lowest BCUT2D eigenvalue weighted by atomic mass is 10.1. The molecular weight excluding hydrogens is 218 g/mol. The summed E-state index contributed by atoms with van der Waals surface area (Å²) in [4.78, 5) is 15.6. The van der Waals surface area contributed by atoms with Crippen LogP contribution in [0, 0.1) is 0 Å². The molecular formula is C11H13N5O. The van der Waals surface area contributed by atoms with E-state index in [1.807, 2.05) is 19.1 Å². The highest BCUT2D eigenvalue weighted by molar-refractivity contribution is 5.89. The van der Waals surface area contributed by atoms with Crippen LogP contribution in [-0.4, -0.2) is 21.2 Å². The maximum Gasteiger partial charge on any atom is 0.319 e. The zero-order valence-electron chi connectivity index (χ0n) is 9.34. The first kappa shape index (κ1) is 11.1. The minimum Gasteiger partial charge on any atom is -0.331 e. The summed E-state index contributed by atoms with van der Waals surface area (Å²) in [5.41, 5.74) is 1.58. The van der Waals surface area contributed by atoms with Gasteiger partial charge in [-0.1, -0.05) is 6.07 Å². The van der Waals surface area contributed by atoms with Gasteiger partial charge in [0.05, 0.1) is 17.9 Å². The molecule has 0 saturated heterocycles. The van der Waals surface area contributed by atoms with Crippen molar-refractivity contribution in [2.75, 3.05) is 5.32 Å². The van der Waals surface area contributed by atoms with Crippen molar-refractivity contribution in [3.63, 3.8) is 0 Å². The largest absolute Gasteiger partial charge is 0.331 e. The van der Waals surface area contributed by atoms with E-state index in [1.54, 1.807) is 18.6 Å². The predicted molar refractivity (Wildman–Crippen MR) is 63.4 cm³/mol. The molecule has 2 rings (SSSR count). The molecule has 0 fully saturated rings. The SMILES string of the molecule is CC(NC(=O)Nc1cn[nH]c1)c1cccnc1. The van der Waals surface area contributed by atoms with E-state index >= 15 is 0 Å². The quantitative estimate of drug-likeness (QED) is 0.751. The fourth-order valence-corrected chi connectivity index (χ4v) is 1.40. The van der Waals surface area contributed by atoms with Crippen LogP contribution in [-0.2, 0) is 0 Å². The van der Waals surface area contributed by atoms with E-state index in [-0.39, 0.29) is 12.1 Å². The monoisotopic (exact) mass is 231 g/mol. The number of amides is 2. The van der Waals surface area contributed by atoms with Gasteiger partial charge in [-0.25, -0.2) is 4.79 Å². The molecule has 0 radical (unpaired) electrons. The Bertz CT molecular complexity index is 468. The Labute approximate surface area is 98.5 Å². The fourth-order valence-electron chi connectivity index (χ4n) is 1.40. The maximum absolute atomic E-state index is 11.6. The smallest absolute Gasteiger partial charge is 0.319 e. The van der Waals surface area contributed by atoms with E-state index in [9.17, 15) is 4.79 Å². The highest BCUT2D eigenvalue weighted by Gasteiger charge is 2.09. The second-order valence-electron chi connectivity index (χ2n) is 3.59. The highest BCUT2D eigenvalue weighted by Crippen LogP contribution is 2.10. The van der Waals surface area contributed by atoms with Crippen molar-refractivity contribution in [2.45, 2.75) is 13.0 Å². The summed E-state index contributed by atoms with van der Waals surface area (Å²) in [6.45, 7) is 1.89. The summed E-state index contributed by atoms with van der Waals surface area (Å²) < 4.78 is 0. The van der Waals surface area contributed by atoms with Crippen molar-refractivity contribution in [2.24, 2.45) is 0 Å². The summed E-state index contributed by atoms with van der Waals surface area (Å²) in [6.07, 6.45) is 6.56. The van der Waals surface area contributed by atoms with Crippen molar-refractivity contribution in [1.82, 2.24) is 20.5 Å². The van der Waals surface area contributed by atoms with Crippen molar-refractivity contribution in [3.8, 4) is 0 Å². The highest BCUT2D eigenvalue weighted by atomic mass is 16.2. The third kappa shape index (κ3) is 3.04. The van der Waals surface area contributed by atoms with Gasteiger partial charge >= 0.3 is 6.03 Å². The second-order valence-corrected chi connectivity index (χ2v) is 3.59. The van der Waals surface area contributed by atoms with Gasteiger partial charge in [0.15, 0.2) is 0 Å². The number of nitrogens with zero attached hydrogens (tertiary/aromatic N) is 2. The first-order valence-corrected chi connectivity index (χ1v) is 5.22. The fraction of sp³-hybridized carbons (Fsp3) is 0.182. The molecule has 1 unspecified atom stereocenters. The Hall–Kier alpha value is -2.37. The molecule has 0 bridgehead atoms. The lowest BCUT2D eigenvalue weighted by Crippen LogP contribution is -2.31. The van der Waals surface area contributed by atoms with E-state index < -0.39 is 0 Å². The molecule has 0 aliphatic rings. The van der Waals surface area contributed by atoms with Gasteiger partial charge in [-0.3, -0.25) is 10.1 Å². The number of urea groups is 1. The zero-order valence-corrected chi connectivity index (χ0v) is 9.34. The second kappa shape index (κ2) is 5.11. The van der Waals surface area contributed by atoms with Gasteiger partial charge in [-0.2, -0.15) is 5.10 Å². The van der Waals surface area contributed by atoms with E-state index in [4.69, 9.17) is 0 Å². The van der Waals surface area contributed by atoms with Gasteiger partial charge in [-0.15, -0.1) is 0 Å². The number of pyridine rings is 1. The standard InChI is InChI=1S/C11H13N5O/c1-8(9-3-2-4-12-5-9)15-11(17)16-10-6-13-14-7-10/h2-8H,1H3,(H,13,14)(H2,15,16,17). The molecule has 1 atom stereocenters. The average Bonchev–Trinajstić information content (AvgIpc) is 2.82. The molecule has 3 N–H and O–H groups in total. The normalized spacial score (nSPS) is 11.8. The first-order chi connectivity index (χ1) is 8.25. The minimum absolute atomic E-state index is 0.101. The number of carbonyl (C=O) groups is 1. The van der Waals surface area contributed by atoms with Crippen LogP contribution >= 0.6 is 0 Å². The van der Waals surface area contributed by atoms with Crippen molar-refractivity contribution < 1.29 is 4.79 Å². The lowest BCUT2D eigenvalue weighted by Gasteiger charge is -2.13. The molecule has 0 spiro atoms. The summed E-state index contributed by atoms with van der Waals surface area (Å²) >= 11 is 0. The van der Waals surface area contributed by atoms with Crippen LogP contribution < -0.4 is 10.6 Å². The van der Waals surface area contributed by atoms with E-state index in [0.29, 0.717) is 5.69 Å². The number of H-pyrrole nitrogens is 1. The van der Waals surface area contributed by atoms with Gasteiger partial charge in [0.1, 0.15) is 0 Å². The third-order valence-corrected chi connectivity index (χ3v) is 2.29. The Balaban J connectivity index is 1.91. The topological polar surface area (TPSA) is 82.7 Å². The number of rotatable bonds is 3. The van der Waals surface area contributed by atoms with Crippen LogP contribution in [0.15, 0.2) is 36.9 Å². The summed E-state index contributed by atoms with van der Waals surface area (Å²) in [6, 6.07) is 3.37. The zero-order chi connectivity index (χ0) is 12.1. The molecule has 0 saturated carbocycles. The summed E-state index contributed by atoms with van der Waals surface area (Å²) in [7, 11) is 0. The molecule has 0 aromatic carbocycles. The number of hydrogen-bond donors (Lipinski definition) is 3. The Morgan fingerprint density at radius 3 is 3.00 bits per heavy atom. The molecule has 2 heterocycles. The van der Waals surface area contributed by atoms with Gasteiger partial charge in [-0.05, 0) is 18.6 Å². The van der Waals surface area contributed by atoms with E-state index in [0.717, 1.165) is 5.56 Å². The van der Waals surface area contributed by atoms with Crippen LogP contribution in [0.4, 0.5) is 10.5 Å². The van der Waals surface area contributed by atoms with Gasteiger partial charge in [0, 0.05) is 18.6 Å². The number of carbonyl (C=O) groups excluding carboxylic acids is 1. The lowest BCUT2D eigenvalue weighted by molar-refractivity contribution is 0.249. The molecule has 6 heteroatoms. The van der Waals surface area contributed by atoms with Crippen LogP contribution in [0.3, 0.4) is 0 Å². The molecule has 2 amide bonds. The van der Waals surface area contributed by atoms with Gasteiger partial charge in [0.25, 0.3) is 0 Å². The maximum atomic E-state index is 11.6. The molecule has 6 nitrogen and oxygen atoms in total. The van der Waals surface area contributed by atoms with E-state index in [1.165, 1.54) is 6.20 Å². The van der Waals surface area contributed by atoms with Crippen LogP contribution in [0.5, 0.6) is 0 Å². The van der Waals surface area contributed by atoms with Crippen molar-refractivity contribution in [3.05, 3.63) is 42.5 Å². The van der Waals surface area contributed by atoms with Crippen molar-refractivity contribution >= 4 is 11.7 Å². The Morgan fingerprint density at radius 2 is 2.35 bits per heavy atom. The summed E-state index contributed by atoms with van der Waals surface area (Å²) in [5.74, 6) is 0. The molecule has 88 valence electrons. The van der Waals surface area contributed by atoms with E-state index in [2.05, 4.69) is 25.8 Å². The molecule has 2 aromatic heterocycles. The van der Waals surface area contributed by atoms with Crippen molar-refractivity contribution in [1.29, 1.82) is 0 Å². The van der Waals surface area contributed by atoms with Crippen LogP contribution in [0.1, 0.15) is 18.5 Å². The van der Waals surface area contributed by atoms with Gasteiger partial charge in [0.2, 0.25) is 0 Å². The number of anilines is 1. The number of hydrogen-bond acceptors (Lipinski definition) is 3. The molecule has 0 aliphatic carbocycles. The van der Waals surface area contributed by atoms with Gasteiger partial charge < -0.3 is 10.6 Å². The molecule has 0 aliphatic heterocycles. The number of nitrogens with one attached hydrogen (secondary N) is 3. The Morgan fingerprint density at radius 1 is 1.47 bits per heavy atom. The number of aromatic amines is 1. The minimum atomic E-state index is -0.275. The summed E-state index contributed by atoms with van der Waals surface area (Å²) in [5, 5.41) is 11.8. The number of aromatic nitrogens is 3. The third-order valence-electron chi connectivity index (χ3n) is 2.29. The molecule has 17 heavy (non-hydrogen) atoms. The Kier molecular flexibility index (Phi) is 3.34. The van der Waals surface area contributed by atoms with Crippen LogP contribution in [0.25, 0.3) is 0 Å². The molecule has 2 aromatic rings. The van der Waals surface area contributed by atoms with Crippen LogP contribution in [0.2, 0.25) is 0 Å². The average molecular weight is 231 g/mol. The predicted octanol–water partition coefficient (Wildman–Crippen LogP) is 1.69.